The van der Waals surface area contributed by atoms with E-state index in [1.807, 2.05) is 30.3 Å². The van der Waals surface area contributed by atoms with E-state index in [1.54, 1.807) is 12.1 Å². The van der Waals surface area contributed by atoms with E-state index in [-0.39, 0.29) is 24.9 Å². The van der Waals surface area contributed by atoms with Crippen LogP contribution in [0.4, 0.5) is 0 Å². The fourth-order valence-corrected chi connectivity index (χ4v) is 1.91. The van der Waals surface area contributed by atoms with Crippen molar-refractivity contribution in [3.63, 3.8) is 0 Å². The van der Waals surface area contributed by atoms with Gasteiger partial charge in [-0.15, -0.1) is 0 Å². The molecule has 0 fully saturated rings. The van der Waals surface area contributed by atoms with Crippen LogP contribution in [0.25, 0.3) is 0 Å². The molecular formula is C17H19NO4. The minimum absolute atomic E-state index is 0.0816. The highest BCUT2D eigenvalue weighted by Gasteiger charge is 2.06. The average Bonchev–Trinajstić information content (AvgIpc) is 2.55. The molecule has 0 radical (unpaired) electrons. The number of hydrogen-bond acceptors (Lipinski definition) is 5. The van der Waals surface area contributed by atoms with Crippen LogP contribution >= 0.6 is 0 Å². The monoisotopic (exact) mass is 301 g/mol. The van der Waals surface area contributed by atoms with Gasteiger partial charge in [0.2, 0.25) is 0 Å². The number of phenolic OH excluding ortho intramolecular Hbond substituents is 1. The van der Waals surface area contributed by atoms with Crippen LogP contribution < -0.4 is 10.1 Å². The molecule has 0 amide bonds. The summed E-state index contributed by atoms with van der Waals surface area (Å²) in [5, 5.41) is 12.7. The molecule has 0 atom stereocenters. The van der Waals surface area contributed by atoms with Gasteiger partial charge in [0.25, 0.3) is 0 Å². The Morgan fingerprint density at radius 1 is 1.18 bits per heavy atom. The highest BCUT2D eigenvalue weighted by atomic mass is 16.5. The van der Waals surface area contributed by atoms with Crippen molar-refractivity contribution >= 4 is 5.97 Å². The lowest BCUT2D eigenvalue weighted by molar-refractivity contribution is -0.143. The number of hydrogen-bond donors (Lipinski definition) is 2. The number of methoxy groups -OCH3 is 1. The molecule has 0 saturated heterocycles. The molecule has 0 bridgehead atoms. The van der Waals surface area contributed by atoms with E-state index in [2.05, 4.69) is 5.32 Å². The Bertz CT molecular complexity index is 613. The van der Waals surface area contributed by atoms with Crippen molar-refractivity contribution in [2.45, 2.75) is 13.2 Å². The Kier molecular flexibility index (Phi) is 5.80. The fraction of sp³-hybridized carbons (Fsp3) is 0.235. The van der Waals surface area contributed by atoms with Gasteiger partial charge in [-0.1, -0.05) is 36.4 Å². The van der Waals surface area contributed by atoms with Crippen LogP contribution in [-0.2, 0) is 22.7 Å². The van der Waals surface area contributed by atoms with E-state index in [0.717, 1.165) is 5.56 Å². The standard InChI is InChI=1S/C17H19NO4/c1-21-15-8-7-14(16(19)9-15)10-18-11-17(20)22-12-13-5-3-2-4-6-13/h2-9,18-19H,10-12H2,1H3. The maximum absolute atomic E-state index is 11.6. The number of carbonyl (C=O) groups is 1. The summed E-state index contributed by atoms with van der Waals surface area (Å²) in [4.78, 5) is 11.6. The predicted molar refractivity (Wildman–Crippen MR) is 82.6 cm³/mol. The molecule has 2 aromatic carbocycles. The van der Waals surface area contributed by atoms with Crippen LogP contribution in [0.5, 0.6) is 11.5 Å². The van der Waals surface area contributed by atoms with Crippen LogP contribution in [0.2, 0.25) is 0 Å². The van der Waals surface area contributed by atoms with E-state index in [0.29, 0.717) is 17.9 Å². The molecule has 22 heavy (non-hydrogen) atoms. The van der Waals surface area contributed by atoms with Crippen molar-refractivity contribution in [3.05, 3.63) is 59.7 Å². The number of nitrogens with one attached hydrogen (secondary N) is 1. The van der Waals surface area contributed by atoms with Gasteiger partial charge in [-0.05, 0) is 11.6 Å². The maximum atomic E-state index is 11.6. The summed E-state index contributed by atoms with van der Waals surface area (Å²) in [5.41, 5.74) is 1.64. The molecule has 5 nitrogen and oxygen atoms in total. The number of ether oxygens (including phenoxy) is 2. The fourth-order valence-electron chi connectivity index (χ4n) is 1.91. The minimum atomic E-state index is -0.336. The lowest BCUT2D eigenvalue weighted by atomic mass is 10.2. The summed E-state index contributed by atoms with van der Waals surface area (Å²) in [6, 6.07) is 14.5. The second-order valence-electron chi connectivity index (χ2n) is 4.74. The van der Waals surface area contributed by atoms with Crippen molar-refractivity contribution in [1.82, 2.24) is 5.32 Å². The number of aromatic hydroxyl groups is 1. The van der Waals surface area contributed by atoms with Gasteiger partial charge in [-0.25, -0.2) is 0 Å². The highest BCUT2D eigenvalue weighted by Crippen LogP contribution is 2.22. The van der Waals surface area contributed by atoms with E-state index < -0.39 is 0 Å². The van der Waals surface area contributed by atoms with E-state index >= 15 is 0 Å². The molecule has 116 valence electrons. The Labute approximate surface area is 129 Å². The topological polar surface area (TPSA) is 67.8 Å². The molecule has 2 N–H and O–H groups in total. The highest BCUT2D eigenvalue weighted by molar-refractivity contribution is 5.71. The predicted octanol–water partition coefficient (Wildman–Crippen LogP) is 2.23. The summed E-state index contributed by atoms with van der Waals surface area (Å²) in [6.45, 7) is 0.712. The number of phenols is 1. The molecule has 2 aromatic rings. The minimum Gasteiger partial charge on any atom is -0.507 e. The molecular weight excluding hydrogens is 282 g/mol. The summed E-state index contributed by atoms with van der Waals surface area (Å²) in [6.07, 6.45) is 0. The molecule has 0 heterocycles. The summed E-state index contributed by atoms with van der Waals surface area (Å²) < 4.78 is 10.2. The number of carbonyl (C=O) groups excluding carboxylic acids is 1. The normalized spacial score (nSPS) is 10.2. The first kappa shape index (κ1) is 15.9. The van der Waals surface area contributed by atoms with Gasteiger partial charge in [0.05, 0.1) is 13.7 Å². The van der Waals surface area contributed by atoms with Crippen LogP contribution in [0.3, 0.4) is 0 Å². The zero-order chi connectivity index (χ0) is 15.8. The summed E-state index contributed by atoms with van der Waals surface area (Å²) in [7, 11) is 1.54. The zero-order valence-corrected chi connectivity index (χ0v) is 12.4. The average molecular weight is 301 g/mol. The third-order valence-electron chi connectivity index (χ3n) is 3.12. The van der Waals surface area contributed by atoms with Crippen LogP contribution in [-0.4, -0.2) is 24.7 Å². The van der Waals surface area contributed by atoms with E-state index in [4.69, 9.17) is 9.47 Å². The molecule has 0 aliphatic carbocycles. The molecule has 0 aromatic heterocycles. The van der Waals surface area contributed by atoms with Gasteiger partial charge < -0.3 is 19.9 Å². The van der Waals surface area contributed by atoms with Crippen LogP contribution in [0.1, 0.15) is 11.1 Å². The zero-order valence-electron chi connectivity index (χ0n) is 12.4. The first-order valence-corrected chi connectivity index (χ1v) is 6.95. The quantitative estimate of drug-likeness (QED) is 0.768. The second kappa shape index (κ2) is 8.05. The maximum Gasteiger partial charge on any atom is 0.320 e. The van der Waals surface area contributed by atoms with Crippen molar-refractivity contribution in [2.24, 2.45) is 0 Å². The SMILES string of the molecule is COc1ccc(CNCC(=O)OCc2ccccc2)c(O)c1. The lowest BCUT2D eigenvalue weighted by Crippen LogP contribution is -2.24. The molecule has 0 aliphatic heterocycles. The van der Waals surface area contributed by atoms with Crippen molar-refractivity contribution < 1.29 is 19.4 Å². The Hall–Kier alpha value is -2.53. The van der Waals surface area contributed by atoms with Gasteiger partial charge in [0.15, 0.2) is 0 Å². The smallest absolute Gasteiger partial charge is 0.320 e. The number of esters is 1. The third-order valence-corrected chi connectivity index (χ3v) is 3.12. The molecule has 5 heteroatoms. The molecule has 0 spiro atoms. The van der Waals surface area contributed by atoms with Crippen molar-refractivity contribution in [2.75, 3.05) is 13.7 Å². The number of rotatable bonds is 7. The van der Waals surface area contributed by atoms with Gasteiger partial charge in [-0.3, -0.25) is 4.79 Å². The van der Waals surface area contributed by atoms with Gasteiger partial charge in [-0.2, -0.15) is 0 Å². The Morgan fingerprint density at radius 2 is 1.95 bits per heavy atom. The lowest BCUT2D eigenvalue weighted by Gasteiger charge is -2.09. The first-order valence-electron chi connectivity index (χ1n) is 6.95. The molecule has 0 saturated carbocycles. The van der Waals surface area contributed by atoms with Gasteiger partial charge in [0.1, 0.15) is 18.1 Å². The Morgan fingerprint density at radius 3 is 2.64 bits per heavy atom. The van der Waals surface area contributed by atoms with E-state index in [9.17, 15) is 9.90 Å². The summed E-state index contributed by atoms with van der Waals surface area (Å²) >= 11 is 0. The molecule has 0 aliphatic rings. The van der Waals surface area contributed by atoms with Crippen LogP contribution in [0, 0.1) is 0 Å². The largest absolute Gasteiger partial charge is 0.507 e. The molecule has 2 rings (SSSR count). The first-order chi connectivity index (χ1) is 10.7. The van der Waals surface area contributed by atoms with Gasteiger partial charge in [0, 0.05) is 18.2 Å². The van der Waals surface area contributed by atoms with Crippen LogP contribution in [0.15, 0.2) is 48.5 Å². The summed E-state index contributed by atoms with van der Waals surface area (Å²) in [5.74, 6) is 0.380. The van der Waals surface area contributed by atoms with Gasteiger partial charge >= 0.3 is 5.97 Å². The molecule has 0 unspecified atom stereocenters. The van der Waals surface area contributed by atoms with E-state index in [1.165, 1.54) is 13.2 Å². The number of benzene rings is 2. The third kappa shape index (κ3) is 4.79. The van der Waals surface area contributed by atoms with Crippen molar-refractivity contribution in [3.8, 4) is 11.5 Å². The van der Waals surface area contributed by atoms with Crippen molar-refractivity contribution in [1.29, 1.82) is 0 Å². The Balaban J connectivity index is 1.73. The second-order valence-corrected chi connectivity index (χ2v) is 4.74.